The van der Waals surface area contributed by atoms with E-state index in [4.69, 9.17) is 21.1 Å². The number of ether oxygens (including phenoxy) is 2. The number of halogens is 1. The second-order valence-electron chi connectivity index (χ2n) is 6.02. The predicted octanol–water partition coefficient (Wildman–Crippen LogP) is 4.62. The van der Waals surface area contributed by atoms with E-state index in [1.807, 2.05) is 32.9 Å². The Kier molecular flexibility index (Phi) is 5.29. The van der Waals surface area contributed by atoms with Gasteiger partial charge in [-0.3, -0.25) is 4.79 Å². The first-order valence-electron chi connectivity index (χ1n) is 7.13. The number of pyridine rings is 1. The SMILES string of the molecule is COc1cc2sc(CCCC(=O)OC(C)(C)C)cc2nc1Cl. The summed E-state index contributed by atoms with van der Waals surface area (Å²) in [6.07, 6.45) is 2.00. The summed E-state index contributed by atoms with van der Waals surface area (Å²) in [6.45, 7) is 5.62. The Morgan fingerprint density at radius 3 is 2.73 bits per heavy atom. The van der Waals surface area contributed by atoms with Gasteiger partial charge in [-0.1, -0.05) is 11.6 Å². The highest BCUT2D eigenvalue weighted by Crippen LogP contribution is 2.32. The predicted molar refractivity (Wildman–Crippen MR) is 90.0 cm³/mol. The van der Waals surface area contributed by atoms with Gasteiger partial charge in [0, 0.05) is 17.4 Å². The molecule has 0 aliphatic heterocycles. The van der Waals surface area contributed by atoms with Crippen molar-refractivity contribution in [3.63, 3.8) is 0 Å². The van der Waals surface area contributed by atoms with Gasteiger partial charge in [-0.15, -0.1) is 11.3 Å². The molecule has 0 saturated carbocycles. The maximum absolute atomic E-state index is 11.7. The lowest BCUT2D eigenvalue weighted by Crippen LogP contribution is -2.23. The van der Waals surface area contributed by atoms with Crippen molar-refractivity contribution in [1.29, 1.82) is 0 Å². The van der Waals surface area contributed by atoms with Crippen molar-refractivity contribution in [3.8, 4) is 5.75 Å². The monoisotopic (exact) mass is 341 g/mol. The third-order valence-corrected chi connectivity index (χ3v) is 4.32. The molecule has 0 N–H and O–H groups in total. The van der Waals surface area contributed by atoms with Gasteiger partial charge in [0.1, 0.15) is 5.60 Å². The molecular formula is C16H20ClNO3S. The first-order valence-corrected chi connectivity index (χ1v) is 8.33. The maximum Gasteiger partial charge on any atom is 0.306 e. The second-order valence-corrected chi connectivity index (χ2v) is 7.54. The molecule has 0 saturated heterocycles. The molecule has 0 bridgehead atoms. The third kappa shape index (κ3) is 4.58. The Labute approximate surface area is 139 Å². The van der Waals surface area contributed by atoms with E-state index < -0.39 is 5.60 Å². The number of nitrogens with zero attached hydrogens (tertiary/aromatic N) is 1. The van der Waals surface area contributed by atoms with Crippen LogP contribution in [0.3, 0.4) is 0 Å². The first-order chi connectivity index (χ1) is 10.3. The van der Waals surface area contributed by atoms with E-state index in [1.165, 1.54) is 4.88 Å². The van der Waals surface area contributed by atoms with Crippen LogP contribution in [0.4, 0.5) is 0 Å². The summed E-state index contributed by atoms with van der Waals surface area (Å²) >= 11 is 7.67. The van der Waals surface area contributed by atoms with Crippen molar-refractivity contribution in [2.75, 3.05) is 7.11 Å². The van der Waals surface area contributed by atoms with Crippen LogP contribution in [-0.2, 0) is 16.0 Å². The zero-order valence-electron chi connectivity index (χ0n) is 13.2. The quantitative estimate of drug-likeness (QED) is 0.588. The van der Waals surface area contributed by atoms with Gasteiger partial charge in [0.05, 0.1) is 17.3 Å². The molecule has 2 aromatic heterocycles. The average Bonchev–Trinajstić information content (AvgIpc) is 2.77. The molecule has 0 fully saturated rings. The fourth-order valence-electron chi connectivity index (χ4n) is 2.04. The van der Waals surface area contributed by atoms with E-state index in [0.29, 0.717) is 17.3 Å². The maximum atomic E-state index is 11.7. The Morgan fingerprint density at radius 1 is 1.36 bits per heavy atom. The molecule has 6 heteroatoms. The standard InChI is InChI=1S/C16H20ClNO3S/c1-16(2,3)21-14(19)7-5-6-10-8-11-13(22-10)9-12(20-4)15(17)18-11/h8-9H,5-7H2,1-4H3. The third-order valence-electron chi connectivity index (χ3n) is 2.92. The Bertz CT molecular complexity index is 676. The fraction of sp³-hybridized carbons (Fsp3) is 0.500. The molecule has 0 atom stereocenters. The number of fused-ring (bicyclic) bond motifs is 1. The van der Waals surface area contributed by atoms with Crippen LogP contribution in [0.25, 0.3) is 10.2 Å². The van der Waals surface area contributed by atoms with Gasteiger partial charge < -0.3 is 9.47 Å². The normalized spacial score (nSPS) is 11.7. The van der Waals surface area contributed by atoms with Crippen LogP contribution in [0.5, 0.6) is 5.75 Å². The summed E-state index contributed by atoms with van der Waals surface area (Å²) in [7, 11) is 1.57. The molecule has 2 heterocycles. The lowest BCUT2D eigenvalue weighted by Gasteiger charge is -2.19. The number of esters is 1. The average molecular weight is 342 g/mol. The van der Waals surface area contributed by atoms with Crippen LogP contribution in [0.1, 0.15) is 38.5 Å². The van der Waals surface area contributed by atoms with E-state index in [-0.39, 0.29) is 5.97 Å². The van der Waals surface area contributed by atoms with Crippen LogP contribution < -0.4 is 4.74 Å². The Morgan fingerprint density at radius 2 is 2.09 bits per heavy atom. The highest BCUT2D eigenvalue weighted by Gasteiger charge is 2.16. The molecule has 120 valence electrons. The molecule has 0 amide bonds. The number of thiophene rings is 1. The van der Waals surface area contributed by atoms with E-state index in [0.717, 1.165) is 23.1 Å². The van der Waals surface area contributed by atoms with Crippen molar-refractivity contribution in [2.45, 2.75) is 45.6 Å². The zero-order chi connectivity index (χ0) is 16.3. The molecule has 0 spiro atoms. The number of aryl methyl sites for hydroxylation is 1. The van der Waals surface area contributed by atoms with Crippen molar-refractivity contribution >= 4 is 39.1 Å². The summed E-state index contributed by atoms with van der Waals surface area (Å²) in [5.41, 5.74) is 0.439. The molecule has 4 nitrogen and oxygen atoms in total. The van der Waals surface area contributed by atoms with Crippen LogP contribution in [0, 0.1) is 0 Å². The van der Waals surface area contributed by atoms with Gasteiger partial charge in [0.25, 0.3) is 0 Å². The summed E-state index contributed by atoms with van der Waals surface area (Å²) in [4.78, 5) is 17.2. The van der Waals surface area contributed by atoms with E-state index in [1.54, 1.807) is 18.4 Å². The minimum absolute atomic E-state index is 0.156. The summed E-state index contributed by atoms with van der Waals surface area (Å²) in [5.74, 6) is 0.424. The van der Waals surface area contributed by atoms with Crippen molar-refractivity contribution in [2.24, 2.45) is 0 Å². The topological polar surface area (TPSA) is 48.4 Å². The summed E-state index contributed by atoms with van der Waals surface area (Å²) < 4.78 is 11.5. The Hall–Kier alpha value is -1.33. The van der Waals surface area contributed by atoms with Crippen LogP contribution in [-0.4, -0.2) is 23.7 Å². The van der Waals surface area contributed by atoms with E-state index in [9.17, 15) is 4.79 Å². The van der Waals surface area contributed by atoms with Crippen molar-refractivity contribution < 1.29 is 14.3 Å². The lowest BCUT2D eigenvalue weighted by molar-refractivity contribution is -0.154. The minimum atomic E-state index is -0.425. The summed E-state index contributed by atoms with van der Waals surface area (Å²) in [6, 6.07) is 3.91. The lowest BCUT2D eigenvalue weighted by atomic mass is 10.2. The molecule has 2 rings (SSSR count). The number of methoxy groups -OCH3 is 1. The molecule has 0 radical (unpaired) electrons. The van der Waals surface area contributed by atoms with Crippen LogP contribution in [0.2, 0.25) is 5.15 Å². The molecule has 2 aromatic rings. The number of hydrogen-bond donors (Lipinski definition) is 0. The number of rotatable bonds is 5. The van der Waals surface area contributed by atoms with Crippen molar-refractivity contribution in [1.82, 2.24) is 4.98 Å². The first kappa shape index (κ1) is 17.0. The highest BCUT2D eigenvalue weighted by atomic mass is 35.5. The smallest absolute Gasteiger partial charge is 0.306 e. The van der Waals surface area contributed by atoms with Crippen LogP contribution >= 0.6 is 22.9 Å². The van der Waals surface area contributed by atoms with Gasteiger partial charge in [0.15, 0.2) is 10.9 Å². The largest absolute Gasteiger partial charge is 0.493 e. The molecule has 22 heavy (non-hydrogen) atoms. The highest BCUT2D eigenvalue weighted by molar-refractivity contribution is 7.19. The number of hydrogen-bond acceptors (Lipinski definition) is 5. The number of aromatic nitrogens is 1. The number of carbonyl (C=O) groups excluding carboxylic acids is 1. The zero-order valence-corrected chi connectivity index (χ0v) is 14.8. The van der Waals surface area contributed by atoms with E-state index in [2.05, 4.69) is 4.98 Å². The van der Waals surface area contributed by atoms with Gasteiger partial charge >= 0.3 is 5.97 Å². The van der Waals surface area contributed by atoms with Crippen LogP contribution in [0.15, 0.2) is 12.1 Å². The van der Waals surface area contributed by atoms with E-state index >= 15 is 0 Å². The van der Waals surface area contributed by atoms with Crippen molar-refractivity contribution in [3.05, 3.63) is 22.2 Å². The minimum Gasteiger partial charge on any atom is -0.493 e. The van der Waals surface area contributed by atoms with Gasteiger partial charge in [-0.2, -0.15) is 0 Å². The molecule has 0 aliphatic rings. The second kappa shape index (κ2) is 6.84. The molecule has 0 aliphatic carbocycles. The Balaban J connectivity index is 1.96. The molecule has 0 unspecified atom stereocenters. The molecular weight excluding hydrogens is 322 g/mol. The van der Waals surface area contributed by atoms with Gasteiger partial charge in [0.2, 0.25) is 0 Å². The van der Waals surface area contributed by atoms with Gasteiger partial charge in [-0.05, 0) is 39.7 Å². The summed E-state index contributed by atoms with van der Waals surface area (Å²) in [5, 5.41) is 0.369. The van der Waals surface area contributed by atoms with Gasteiger partial charge in [-0.25, -0.2) is 4.98 Å². The fourth-order valence-corrected chi connectivity index (χ4v) is 3.34. The number of carbonyl (C=O) groups is 1. The molecule has 0 aromatic carbocycles.